The first-order valence-electron chi connectivity index (χ1n) is 11.9. The molecule has 0 bridgehead atoms. The maximum atomic E-state index is 11.2. The van der Waals surface area contributed by atoms with E-state index in [1.165, 1.54) is 30.0 Å². The normalized spacial score (nSPS) is 16.1. The number of unbranched alkanes of at least 4 members (excludes halogenated alkanes) is 4. The molecule has 2 heterocycles. The van der Waals surface area contributed by atoms with Gasteiger partial charge in [-0.3, -0.25) is 4.98 Å². The largest absolute Gasteiger partial charge is 0.488 e. The second-order valence-corrected chi connectivity index (χ2v) is 11.2. The van der Waals surface area contributed by atoms with Crippen LogP contribution in [0.15, 0.2) is 30.5 Å². The number of benzene rings is 1. The van der Waals surface area contributed by atoms with Gasteiger partial charge in [-0.1, -0.05) is 32.3 Å². The second kappa shape index (κ2) is 11.8. The maximum absolute atomic E-state index is 11.2. The van der Waals surface area contributed by atoms with E-state index in [1.807, 2.05) is 12.3 Å². The molecule has 1 aromatic heterocycles. The van der Waals surface area contributed by atoms with Gasteiger partial charge in [0.15, 0.2) is 0 Å². The SMILES string of the molecule is CCCCc1cc(OC2CCN(CCCCCCS(C)(=O)=O)CC2)c2ncccc2c1. The summed E-state index contributed by atoms with van der Waals surface area (Å²) in [6, 6.07) is 8.58. The molecule has 6 heteroatoms. The van der Waals surface area contributed by atoms with Crippen LogP contribution in [-0.2, 0) is 16.3 Å². The van der Waals surface area contributed by atoms with Crippen molar-refractivity contribution in [3.63, 3.8) is 0 Å². The topological polar surface area (TPSA) is 59.5 Å². The monoisotopic (exact) mass is 446 g/mol. The van der Waals surface area contributed by atoms with Gasteiger partial charge in [-0.15, -0.1) is 0 Å². The van der Waals surface area contributed by atoms with Crippen LogP contribution in [0.1, 0.15) is 63.9 Å². The van der Waals surface area contributed by atoms with Gasteiger partial charge in [0.1, 0.15) is 27.2 Å². The molecular weight excluding hydrogens is 408 g/mol. The molecule has 172 valence electrons. The zero-order valence-electron chi connectivity index (χ0n) is 19.2. The summed E-state index contributed by atoms with van der Waals surface area (Å²) in [7, 11) is -2.81. The van der Waals surface area contributed by atoms with E-state index in [2.05, 4.69) is 35.0 Å². The van der Waals surface area contributed by atoms with Crippen LogP contribution in [0, 0.1) is 0 Å². The van der Waals surface area contributed by atoms with Gasteiger partial charge < -0.3 is 9.64 Å². The highest BCUT2D eigenvalue weighted by Crippen LogP contribution is 2.29. The number of rotatable bonds is 12. The van der Waals surface area contributed by atoms with E-state index in [9.17, 15) is 8.42 Å². The number of likely N-dealkylation sites (tertiary alicyclic amines) is 1. The number of pyridine rings is 1. The van der Waals surface area contributed by atoms with E-state index in [-0.39, 0.29) is 6.10 Å². The van der Waals surface area contributed by atoms with Gasteiger partial charge in [-0.25, -0.2) is 8.42 Å². The molecule has 31 heavy (non-hydrogen) atoms. The number of hydrogen-bond acceptors (Lipinski definition) is 5. The number of aryl methyl sites for hydroxylation is 1. The van der Waals surface area contributed by atoms with Crippen LogP contribution in [0.2, 0.25) is 0 Å². The van der Waals surface area contributed by atoms with Crippen LogP contribution >= 0.6 is 0 Å². The summed E-state index contributed by atoms with van der Waals surface area (Å²) in [5.41, 5.74) is 2.31. The smallest absolute Gasteiger partial charge is 0.147 e. The van der Waals surface area contributed by atoms with Crippen molar-refractivity contribution in [3.8, 4) is 5.75 Å². The van der Waals surface area contributed by atoms with Crippen molar-refractivity contribution in [1.29, 1.82) is 0 Å². The van der Waals surface area contributed by atoms with Crippen molar-refractivity contribution >= 4 is 20.7 Å². The number of ether oxygens (including phenoxy) is 1. The molecule has 0 atom stereocenters. The minimum Gasteiger partial charge on any atom is -0.488 e. The van der Waals surface area contributed by atoms with Crippen LogP contribution in [-0.4, -0.2) is 56.0 Å². The number of nitrogens with zero attached hydrogens (tertiary/aromatic N) is 2. The van der Waals surface area contributed by atoms with Gasteiger partial charge in [-0.2, -0.15) is 0 Å². The third kappa shape index (κ3) is 8.08. The molecule has 1 aliphatic rings. The minimum absolute atomic E-state index is 0.248. The Morgan fingerprint density at radius 1 is 1.10 bits per heavy atom. The Kier molecular flexibility index (Phi) is 9.15. The minimum atomic E-state index is -2.81. The van der Waals surface area contributed by atoms with Crippen molar-refractivity contribution in [2.45, 2.75) is 70.8 Å². The Balaban J connectivity index is 1.46. The van der Waals surface area contributed by atoms with E-state index in [4.69, 9.17) is 4.74 Å². The molecular formula is C25H38N2O3S. The Morgan fingerprint density at radius 3 is 2.61 bits per heavy atom. The number of sulfone groups is 1. The fourth-order valence-corrected chi connectivity index (χ4v) is 5.05. The lowest BCUT2D eigenvalue weighted by molar-refractivity contribution is 0.100. The molecule has 5 nitrogen and oxygen atoms in total. The highest BCUT2D eigenvalue weighted by molar-refractivity contribution is 7.90. The highest BCUT2D eigenvalue weighted by atomic mass is 32.2. The molecule has 1 saturated heterocycles. The van der Waals surface area contributed by atoms with Gasteiger partial charge in [0.25, 0.3) is 0 Å². The molecule has 0 radical (unpaired) electrons. The Hall–Kier alpha value is -1.66. The average molecular weight is 447 g/mol. The number of aromatic nitrogens is 1. The quantitative estimate of drug-likeness (QED) is 0.428. The van der Waals surface area contributed by atoms with E-state index >= 15 is 0 Å². The first-order chi connectivity index (χ1) is 14.9. The Morgan fingerprint density at radius 2 is 1.87 bits per heavy atom. The van der Waals surface area contributed by atoms with Crippen LogP contribution in [0.3, 0.4) is 0 Å². The average Bonchev–Trinajstić information content (AvgIpc) is 2.75. The second-order valence-electron chi connectivity index (χ2n) is 8.98. The zero-order chi connectivity index (χ0) is 22.1. The van der Waals surface area contributed by atoms with Crippen molar-refractivity contribution < 1.29 is 13.2 Å². The van der Waals surface area contributed by atoms with Crippen molar-refractivity contribution in [1.82, 2.24) is 9.88 Å². The molecule has 0 amide bonds. The Labute approximate surface area is 188 Å². The molecule has 1 aromatic carbocycles. The molecule has 2 aromatic rings. The summed E-state index contributed by atoms with van der Waals surface area (Å²) in [6.07, 6.45) is 13.0. The number of fused-ring (bicyclic) bond motifs is 1. The van der Waals surface area contributed by atoms with Crippen LogP contribution in [0.4, 0.5) is 0 Å². The van der Waals surface area contributed by atoms with Crippen LogP contribution in [0.25, 0.3) is 10.9 Å². The van der Waals surface area contributed by atoms with E-state index in [0.29, 0.717) is 5.75 Å². The summed E-state index contributed by atoms with van der Waals surface area (Å²) >= 11 is 0. The van der Waals surface area contributed by atoms with Crippen molar-refractivity contribution in [3.05, 3.63) is 36.0 Å². The third-order valence-corrected chi connectivity index (χ3v) is 7.15. The van der Waals surface area contributed by atoms with E-state index in [0.717, 1.165) is 75.8 Å². The van der Waals surface area contributed by atoms with Crippen LogP contribution < -0.4 is 4.74 Å². The van der Waals surface area contributed by atoms with Crippen LogP contribution in [0.5, 0.6) is 5.75 Å². The van der Waals surface area contributed by atoms with Crippen molar-refractivity contribution in [2.75, 3.05) is 31.6 Å². The lowest BCUT2D eigenvalue weighted by Gasteiger charge is -2.32. The number of hydrogen-bond donors (Lipinski definition) is 0. The zero-order valence-corrected chi connectivity index (χ0v) is 20.0. The van der Waals surface area contributed by atoms with Crippen molar-refractivity contribution in [2.24, 2.45) is 0 Å². The molecule has 0 unspecified atom stereocenters. The number of piperidine rings is 1. The van der Waals surface area contributed by atoms with Gasteiger partial charge in [-0.05, 0) is 68.8 Å². The fraction of sp³-hybridized carbons (Fsp3) is 0.640. The van der Waals surface area contributed by atoms with Gasteiger partial charge >= 0.3 is 0 Å². The Bertz CT molecular complexity index is 922. The van der Waals surface area contributed by atoms with Gasteiger partial charge in [0, 0.05) is 36.7 Å². The third-order valence-electron chi connectivity index (χ3n) is 6.12. The molecule has 0 aliphatic carbocycles. The predicted molar refractivity (Wildman–Crippen MR) is 129 cm³/mol. The molecule has 0 saturated carbocycles. The van der Waals surface area contributed by atoms with Gasteiger partial charge in [0.2, 0.25) is 0 Å². The molecule has 1 fully saturated rings. The summed E-state index contributed by atoms with van der Waals surface area (Å²) in [6.45, 7) is 5.45. The van der Waals surface area contributed by atoms with Gasteiger partial charge in [0.05, 0.1) is 0 Å². The lowest BCUT2D eigenvalue weighted by atomic mass is 10.0. The molecule has 0 spiro atoms. The predicted octanol–water partition coefficient (Wildman–Crippen LogP) is 5.03. The lowest BCUT2D eigenvalue weighted by Crippen LogP contribution is -2.38. The molecule has 3 rings (SSSR count). The summed E-state index contributed by atoms with van der Waals surface area (Å²) in [5, 5.41) is 1.17. The first-order valence-corrected chi connectivity index (χ1v) is 13.9. The maximum Gasteiger partial charge on any atom is 0.147 e. The fourth-order valence-electron chi connectivity index (χ4n) is 4.32. The van der Waals surface area contributed by atoms with E-state index in [1.54, 1.807) is 0 Å². The highest BCUT2D eigenvalue weighted by Gasteiger charge is 2.21. The first kappa shape index (κ1) is 24.0. The van der Waals surface area contributed by atoms with E-state index < -0.39 is 9.84 Å². The molecule has 1 aliphatic heterocycles. The summed E-state index contributed by atoms with van der Waals surface area (Å²) in [4.78, 5) is 7.11. The molecule has 0 N–H and O–H groups in total. The summed E-state index contributed by atoms with van der Waals surface area (Å²) in [5.74, 6) is 1.26. The standard InChI is InChI=1S/C25H38N2O3S/c1-3-4-10-21-19-22-11-9-14-26-25(22)24(20-21)30-23-12-16-27(17-13-23)15-7-5-6-8-18-31(2,28)29/h9,11,14,19-20,23H,3-8,10,12-13,15-18H2,1-2H3. The summed E-state index contributed by atoms with van der Waals surface area (Å²) < 4.78 is 28.9.